The molecule has 0 atom stereocenters. The highest BCUT2D eigenvalue weighted by molar-refractivity contribution is 4.28. The highest BCUT2D eigenvalue weighted by atomic mass is 16.2. The summed E-state index contributed by atoms with van der Waals surface area (Å²) in [5.41, 5.74) is 0. The van der Waals surface area contributed by atoms with Crippen LogP contribution in [0.5, 0.6) is 0 Å². The molecular formula is C6H17NO. The molecule has 2 N–H and O–H groups in total. The Morgan fingerprint density at radius 2 is 1.75 bits per heavy atom. The third-order valence-corrected chi connectivity index (χ3v) is 0.500. The van der Waals surface area contributed by atoms with E-state index in [0.29, 0.717) is 0 Å². The second-order valence-electron chi connectivity index (χ2n) is 1.42. The average Bonchev–Trinajstić information content (AvgIpc) is 1.71. The SMILES string of the molecule is CCCNC.CCO. The Morgan fingerprint density at radius 3 is 1.75 bits per heavy atom. The van der Waals surface area contributed by atoms with Gasteiger partial charge in [-0.25, -0.2) is 0 Å². The van der Waals surface area contributed by atoms with E-state index in [1.807, 2.05) is 7.05 Å². The van der Waals surface area contributed by atoms with Crippen molar-refractivity contribution in [2.75, 3.05) is 20.2 Å². The molecule has 0 aliphatic heterocycles. The summed E-state index contributed by atoms with van der Waals surface area (Å²) in [7, 11) is 1.96. The Hall–Kier alpha value is -0.0800. The smallest absolute Gasteiger partial charge is 0.0402 e. The van der Waals surface area contributed by atoms with Gasteiger partial charge in [-0.2, -0.15) is 0 Å². The molecule has 0 unspecified atom stereocenters. The Kier molecular flexibility index (Phi) is 21.3. The van der Waals surface area contributed by atoms with Crippen LogP contribution in [-0.2, 0) is 0 Å². The summed E-state index contributed by atoms with van der Waals surface area (Å²) < 4.78 is 0. The second-order valence-corrected chi connectivity index (χ2v) is 1.42. The Bertz CT molecular complexity index is 22.5. The molecule has 0 bridgehead atoms. The normalized spacial score (nSPS) is 7.50. The zero-order valence-corrected chi connectivity index (χ0v) is 6.07. The first kappa shape index (κ1) is 10.8. The van der Waals surface area contributed by atoms with Gasteiger partial charge in [0, 0.05) is 6.61 Å². The standard InChI is InChI=1S/C4H11N.C2H6O/c1-3-4-5-2;1-2-3/h5H,3-4H2,1-2H3;3H,2H2,1H3. The van der Waals surface area contributed by atoms with Gasteiger partial charge in [0.05, 0.1) is 0 Å². The lowest BCUT2D eigenvalue weighted by atomic mass is 10.5. The van der Waals surface area contributed by atoms with Crippen molar-refractivity contribution in [2.45, 2.75) is 20.3 Å². The Labute approximate surface area is 51.9 Å². The Balaban J connectivity index is 0. The first-order chi connectivity index (χ1) is 3.83. The van der Waals surface area contributed by atoms with Crippen molar-refractivity contribution in [3.63, 3.8) is 0 Å². The van der Waals surface area contributed by atoms with E-state index in [1.165, 1.54) is 6.42 Å². The third-order valence-electron chi connectivity index (χ3n) is 0.500. The molecule has 0 amide bonds. The van der Waals surface area contributed by atoms with E-state index in [4.69, 9.17) is 5.11 Å². The van der Waals surface area contributed by atoms with Gasteiger partial charge in [-0.3, -0.25) is 0 Å². The maximum absolute atomic E-state index is 7.57. The van der Waals surface area contributed by atoms with E-state index in [0.717, 1.165) is 6.54 Å². The summed E-state index contributed by atoms with van der Waals surface area (Å²) >= 11 is 0. The fourth-order valence-electron chi connectivity index (χ4n) is 0.250. The van der Waals surface area contributed by atoms with Gasteiger partial charge < -0.3 is 10.4 Å². The van der Waals surface area contributed by atoms with E-state index in [1.54, 1.807) is 6.92 Å². The molecule has 0 saturated carbocycles. The van der Waals surface area contributed by atoms with E-state index < -0.39 is 0 Å². The molecule has 0 aromatic carbocycles. The van der Waals surface area contributed by atoms with Crippen LogP contribution in [0, 0.1) is 0 Å². The molecule has 2 nitrogen and oxygen atoms in total. The lowest BCUT2D eigenvalue weighted by Crippen LogP contribution is -2.04. The molecule has 2 heteroatoms. The van der Waals surface area contributed by atoms with Gasteiger partial charge >= 0.3 is 0 Å². The van der Waals surface area contributed by atoms with Crippen LogP contribution in [0.3, 0.4) is 0 Å². The van der Waals surface area contributed by atoms with Crippen molar-refractivity contribution in [3.8, 4) is 0 Å². The van der Waals surface area contributed by atoms with Gasteiger partial charge in [0.2, 0.25) is 0 Å². The third kappa shape index (κ3) is 38.9. The van der Waals surface area contributed by atoms with E-state index in [9.17, 15) is 0 Å². The predicted octanol–water partition coefficient (Wildman–Crippen LogP) is 0.614. The fraction of sp³-hybridized carbons (Fsp3) is 1.00. The summed E-state index contributed by atoms with van der Waals surface area (Å²) in [5, 5.41) is 10.6. The fourth-order valence-corrected chi connectivity index (χ4v) is 0.250. The predicted molar refractivity (Wildman–Crippen MR) is 37.0 cm³/mol. The maximum atomic E-state index is 7.57. The molecule has 0 radical (unpaired) electrons. The minimum atomic E-state index is 0.250. The number of nitrogens with one attached hydrogen (secondary N) is 1. The highest BCUT2D eigenvalue weighted by Crippen LogP contribution is 1.62. The van der Waals surface area contributed by atoms with Crippen LogP contribution in [0.25, 0.3) is 0 Å². The summed E-state index contributed by atoms with van der Waals surface area (Å²) in [6.45, 7) is 5.22. The van der Waals surface area contributed by atoms with Crippen LogP contribution in [0.15, 0.2) is 0 Å². The van der Waals surface area contributed by atoms with Crippen LogP contribution >= 0.6 is 0 Å². The largest absolute Gasteiger partial charge is 0.397 e. The van der Waals surface area contributed by atoms with Crippen LogP contribution < -0.4 is 5.32 Å². The number of rotatable bonds is 2. The minimum Gasteiger partial charge on any atom is -0.397 e. The quantitative estimate of drug-likeness (QED) is 0.558. The van der Waals surface area contributed by atoms with Gasteiger partial charge in [-0.1, -0.05) is 6.92 Å². The summed E-state index contributed by atoms with van der Waals surface area (Å²) in [6.07, 6.45) is 1.23. The second kappa shape index (κ2) is 15.8. The maximum Gasteiger partial charge on any atom is 0.0402 e. The van der Waals surface area contributed by atoms with E-state index in [2.05, 4.69) is 12.2 Å². The van der Waals surface area contributed by atoms with Gasteiger partial charge in [-0.05, 0) is 26.9 Å². The van der Waals surface area contributed by atoms with Crippen LogP contribution in [0.4, 0.5) is 0 Å². The van der Waals surface area contributed by atoms with Crippen molar-refractivity contribution in [2.24, 2.45) is 0 Å². The van der Waals surface area contributed by atoms with E-state index in [-0.39, 0.29) is 6.61 Å². The van der Waals surface area contributed by atoms with Crippen molar-refractivity contribution in [1.82, 2.24) is 5.32 Å². The van der Waals surface area contributed by atoms with Crippen LogP contribution in [0.1, 0.15) is 20.3 Å². The van der Waals surface area contributed by atoms with Gasteiger partial charge in [-0.15, -0.1) is 0 Å². The lowest BCUT2D eigenvalue weighted by Gasteiger charge is -1.84. The highest BCUT2D eigenvalue weighted by Gasteiger charge is 1.64. The molecule has 0 fully saturated rings. The van der Waals surface area contributed by atoms with Gasteiger partial charge in [0.15, 0.2) is 0 Å². The monoisotopic (exact) mass is 119 g/mol. The van der Waals surface area contributed by atoms with Crippen LogP contribution in [-0.4, -0.2) is 25.3 Å². The number of hydrogen-bond donors (Lipinski definition) is 2. The van der Waals surface area contributed by atoms with Gasteiger partial charge in [0.25, 0.3) is 0 Å². The molecule has 0 aromatic heterocycles. The first-order valence-electron chi connectivity index (χ1n) is 3.08. The van der Waals surface area contributed by atoms with Crippen LogP contribution in [0.2, 0.25) is 0 Å². The molecule has 0 aliphatic rings. The Morgan fingerprint density at radius 1 is 1.38 bits per heavy atom. The molecule has 0 spiro atoms. The van der Waals surface area contributed by atoms with Crippen molar-refractivity contribution >= 4 is 0 Å². The van der Waals surface area contributed by atoms with Gasteiger partial charge in [0.1, 0.15) is 0 Å². The summed E-state index contributed by atoms with van der Waals surface area (Å²) in [5.74, 6) is 0. The zero-order chi connectivity index (χ0) is 6.83. The molecule has 0 heterocycles. The van der Waals surface area contributed by atoms with Crippen molar-refractivity contribution < 1.29 is 5.11 Å². The summed E-state index contributed by atoms with van der Waals surface area (Å²) in [6, 6.07) is 0. The zero-order valence-electron chi connectivity index (χ0n) is 6.07. The molecule has 0 aliphatic carbocycles. The minimum absolute atomic E-state index is 0.250. The lowest BCUT2D eigenvalue weighted by molar-refractivity contribution is 0.318. The number of hydrogen-bond acceptors (Lipinski definition) is 2. The van der Waals surface area contributed by atoms with Crippen molar-refractivity contribution in [1.29, 1.82) is 0 Å². The molecule has 52 valence electrons. The topological polar surface area (TPSA) is 32.3 Å². The average molecular weight is 119 g/mol. The molecule has 0 saturated heterocycles. The first-order valence-corrected chi connectivity index (χ1v) is 3.08. The number of aliphatic hydroxyl groups excluding tert-OH is 1. The molecular weight excluding hydrogens is 102 g/mol. The van der Waals surface area contributed by atoms with E-state index >= 15 is 0 Å². The number of aliphatic hydroxyl groups is 1. The molecule has 0 aromatic rings. The molecule has 0 rings (SSSR count). The van der Waals surface area contributed by atoms with Crippen molar-refractivity contribution in [3.05, 3.63) is 0 Å². The molecule has 8 heavy (non-hydrogen) atoms. The summed E-state index contributed by atoms with van der Waals surface area (Å²) in [4.78, 5) is 0.